The Morgan fingerprint density at radius 2 is 1.97 bits per heavy atom. The number of nitrogens with zero attached hydrogens (tertiary/aromatic N) is 3. The number of benzene rings is 2. The van der Waals surface area contributed by atoms with Gasteiger partial charge in [-0.3, -0.25) is 4.79 Å². The van der Waals surface area contributed by atoms with Crippen LogP contribution < -0.4 is 5.73 Å². The molecule has 0 radical (unpaired) electrons. The fourth-order valence-corrected chi connectivity index (χ4v) is 4.85. The van der Waals surface area contributed by atoms with Crippen molar-refractivity contribution in [3.05, 3.63) is 65.2 Å². The Labute approximate surface area is 176 Å². The van der Waals surface area contributed by atoms with Crippen molar-refractivity contribution in [3.8, 4) is 10.6 Å². The number of carbonyl (C=O) groups excluding carboxylic acids is 1. The van der Waals surface area contributed by atoms with Crippen molar-refractivity contribution >= 4 is 40.0 Å². The fraction of sp³-hybridized carbons (Fsp3) is 0.190. The van der Waals surface area contributed by atoms with Gasteiger partial charge in [0, 0.05) is 35.9 Å². The van der Waals surface area contributed by atoms with Gasteiger partial charge in [0.2, 0.25) is 5.91 Å². The van der Waals surface area contributed by atoms with Gasteiger partial charge in [0.25, 0.3) is 0 Å². The zero-order valence-electron chi connectivity index (χ0n) is 15.9. The van der Waals surface area contributed by atoms with Gasteiger partial charge < -0.3 is 15.0 Å². The number of thiazole rings is 1. The predicted octanol–water partition coefficient (Wildman–Crippen LogP) is 4.20. The SMILES string of the molecule is COCCn1c(SCc2csc(-c3ccc(C(N)=O)cc3)n2)nc2ccccc21. The van der Waals surface area contributed by atoms with Crippen LogP contribution >= 0.6 is 23.1 Å². The molecule has 0 aliphatic heterocycles. The number of ether oxygens (including phenoxy) is 1. The molecule has 4 aromatic rings. The lowest BCUT2D eigenvalue weighted by Crippen LogP contribution is -2.10. The molecule has 6 nitrogen and oxygen atoms in total. The third-order valence-corrected chi connectivity index (χ3v) is 6.41. The second-order valence-electron chi connectivity index (χ2n) is 6.40. The molecule has 29 heavy (non-hydrogen) atoms. The molecule has 2 aromatic heterocycles. The minimum Gasteiger partial charge on any atom is -0.383 e. The van der Waals surface area contributed by atoms with Crippen molar-refractivity contribution in [2.75, 3.05) is 13.7 Å². The zero-order valence-corrected chi connectivity index (χ0v) is 17.5. The summed E-state index contributed by atoms with van der Waals surface area (Å²) < 4.78 is 7.45. The summed E-state index contributed by atoms with van der Waals surface area (Å²) in [5.74, 6) is 0.302. The third kappa shape index (κ3) is 4.34. The van der Waals surface area contributed by atoms with Crippen molar-refractivity contribution in [1.82, 2.24) is 14.5 Å². The Balaban J connectivity index is 1.50. The van der Waals surface area contributed by atoms with Crippen molar-refractivity contribution in [2.45, 2.75) is 17.5 Å². The Kier molecular flexibility index (Phi) is 5.94. The summed E-state index contributed by atoms with van der Waals surface area (Å²) in [5, 5.41) is 3.94. The molecule has 1 amide bonds. The number of fused-ring (bicyclic) bond motifs is 1. The van der Waals surface area contributed by atoms with E-state index in [0.29, 0.717) is 12.2 Å². The topological polar surface area (TPSA) is 83.0 Å². The van der Waals surface area contributed by atoms with Crippen molar-refractivity contribution in [1.29, 1.82) is 0 Å². The Hall–Kier alpha value is -2.68. The van der Waals surface area contributed by atoms with Gasteiger partial charge in [-0.1, -0.05) is 36.0 Å². The average molecular weight is 425 g/mol. The van der Waals surface area contributed by atoms with Crippen molar-refractivity contribution < 1.29 is 9.53 Å². The Morgan fingerprint density at radius 3 is 2.72 bits per heavy atom. The van der Waals surface area contributed by atoms with Crippen molar-refractivity contribution in [2.24, 2.45) is 5.73 Å². The highest BCUT2D eigenvalue weighted by atomic mass is 32.2. The zero-order chi connectivity index (χ0) is 20.2. The minimum absolute atomic E-state index is 0.427. The largest absolute Gasteiger partial charge is 0.383 e. The molecule has 148 valence electrons. The Morgan fingerprint density at radius 1 is 1.17 bits per heavy atom. The number of thioether (sulfide) groups is 1. The number of carbonyl (C=O) groups is 1. The number of hydrogen-bond acceptors (Lipinski definition) is 6. The van der Waals surface area contributed by atoms with Crippen LogP contribution in [0.4, 0.5) is 0 Å². The molecule has 2 N–H and O–H groups in total. The van der Waals surface area contributed by atoms with Gasteiger partial charge >= 0.3 is 0 Å². The molecule has 0 saturated carbocycles. The minimum atomic E-state index is -0.427. The molecule has 0 aliphatic rings. The number of hydrogen-bond donors (Lipinski definition) is 1. The molecular formula is C21H20N4O2S2. The second kappa shape index (κ2) is 8.77. The van der Waals surface area contributed by atoms with Gasteiger partial charge in [0.05, 0.1) is 23.3 Å². The van der Waals surface area contributed by atoms with E-state index in [1.54, 1.807) is 42.3 Å². The van der Waals surface area contributed by atoms with Crippen LogP contribution in [0.25, 0.3) is 21.6 Å². The van der Waals surface area contributed by atoms with E-state index in [1.165, 1.54) is 0 Å². The maximum atomic E-state index is 11.2. The van der Waals surface area contributed by atoms with E-state index >= 15 is 0 Å². The molecule has 2 aromatic carbocycles. The summed E-state index contributed by atoms with van der Waals surface area (Å²) in [6, 6.07) is 15.3. The third-order valence-electron chi connectivity index (χ3n) is 4.46. The van der Waals surface area contributed by atoms with Gasteiger partial charge in [0.1, 0.15) is 5.01 Å². The smallest absolute Gasteiger partial charge is 0.248 e. The molecule has 8 heteroatoms. The van der Waals surface area contributed by atoms with E-state index in [0.717, 1.165) is 44.8 Å². The van der Waals surface area contributed by atoms with E-state index in [4.69, 9.17) is 20.4 Å². The molecule has 0 atom stereocenters. The number of methoxy groups -OCH3 is 1. The quantitative estimate of drug-likeness (QED) is 0.429. The van der Waals surface area contributed by atoms with Crippen LogP contribution in [0.3, 0.4) is 0 Å². The molecule has 0 unspecified atom stereocenters. The normalized spacial score (nSPS) is 11.2. The molecule has 2 heterocycles. The highest BCUT2D eigenvalue weighted by Gasteiger charge is 2.12. The number of aromatic nitrogens is 3. The summed E-state index contributed by atoms with van der Waals surface area (Å²) in [5.41, 5.74) is 9.87. The standard InChI is InChI=1S/C21H20N4O2S2/c1-27-11-10-25-18-5-3-2-4-17(18)24-21(25)29-13-16-12-28-20(23-16)15-8-6-14(7-9-15)19(22)26/h2-9,12H,10-11,13H2,1H3,(H2,22,26). The first-order valence-corrected chi connectivity index (χ1v) is 10.9. The molecule has 0 spiro atoms. The molecule has 4 rings (SSSR count). The number of amides is 1. The number of nitrogens with two attached hydrogens (primary N) is 1. The van der Waals surface area contributed by atoms with E-state index < -0.39 is 5.91 Å². The molecule has 0 bridgehead atoms. The number of para-hydroxylation sites is 2. The predicted molar refractivity (Wildman–Crippen MR) is 117 cm³/mol. The van der Waals surface area contributed by atoms with E-state index in [-0.39, 0.29) is 0 Å². The van der Waals surface area contributed by atoms with Gasteiger partial charge in [-0.25, -0.2) is 9.97 Å². The fourth-order valence-electron chi connectivity index (χ4n) is 2.98. The molecule has 0 aliphatic carbocycles. The first kappa shape index (κ1) is 19.6. The van der Waals surface area contributed by atoms with Crippen LogP contribution in [-0.2, 0) is 17.0 Å². The maximum absolute atomic E-state index is 11.2. The van der Waals surface area contributed by atoms with Gasteiger partial charge in [-0.05, 0) is 24.3 Å². The molecular weight excluding hydrogens is 404 g/mol. The Bertz CT molecular complexity index is 1140. The van der Waals surface area contributed by atoms with Crippen LogP contribution in [0.2, 0.25) is 0 Å². The lowest BCUT2D eigenvalue weighted by atomic mass is 10.1. The van der Waals surface area contributed by atoms with Crippen LogP contribution in [0.1, 0.15) is 16.1 Å². The first-order chi connectivity index (χ1) is 14.2. The van der Waals surface area contributed by atoms with Crippen molar-refractivity contribution in [3.63, 3.8) is 0 Å². The summed E-state index contributed by atoms with van der Waals surface area (Å²) >= 11 is 3.26. The summed E-state index contributed by atoms with van der Waals surface area (Å²) in [6.45, 7) is 1.39. The van der Waals surface area contributed by atoms with Gasteiger partial charge in [0.15, 0.2) is 5.16 Å². The second-order valence-corrected chi connectivity index (χ2v) is 8.20. The lowest BCUT2D eigenvalue weighted by Gasteiger charge is -2.07. The highest BCUT2D eigenvalue weighted by molar-refractivity contribution is 7.98. The molecule has 0 saturated heterocycles. The lowest BCUT2D eigenvalue weighted by molar-refractivity contribution is 0.100. The van der Waals surface area contributed by atoms with E-state index in [9.17, 15) is 4.79 Å². The summed E-state index contributed by atoms with van der Waals surface area (Å²) in [7, 11) is 1.71. The molecule has 0 fully saturated rings. The van der Waals surface area contributed by atoms with Gasteiger partial charge in [-0.15, -0.1) is 11.3 Å². The number of primary amides is 1. The van der Waals surface area contributed by atoms with E-state index in [1.807, 2.05) is 30.3 Å². The summed E-state index contributed by atoms with van der Waals surface area (Å²) in [6.07, 6.45) is 0. The highest BCUT2D eigenvalue weighted by Crippen LogP contribution is 2.29. The first-order valence-electron chi connectivity index (χ1n) is 9.07. The maximum Gasteiger partial charge on any atom is 0.248 e. The van der Waals surface area contributed by atoms with Crippen LogP contribution in [0, 0.1) is 0 Å². The summed E-state index contributed by atoms with van der Waals surface area (Å²) in [4.78, 5) is 20.7. The van der Waals surface area contributed by atoms with Crippen LogP contribution in [0.5, 0.6) is 0 Å². The number of rotatable bonds is 8. The van der Waals surface area contributed by atoms with Crippen LogP contribution in [-0.4, -0.2) is 34.2 Å². The number of imidazole rings is 1. The van der Waals surface area contributed by atoms with E-state index in [2.05, 4.69) is 16.0 Å². The van der Waals surface area contributed by atoms with Crippen LogP contribution in [0.15, 0.2) is 59.1 Å². The average Bonchev–Trinajstić information content (AvgIpc) is 3.35. The van der Waals surface area contributed by atoms with Gasteiger partial charge in [-0.2, -0.15) is 0 Å². The monoisotopic (exact) mass is 424 g/mol.